The van der Waals surface area contributed by atoms with Crippen LogP contribution in [0.3, 0.4) is 0 Å². The first-order valence-electron chi connectivity index (χ1n) is 12.1. The second-order valence-electron chi connectivity index (χ2n) is 10.5. The van der Waals surface area contributed by atoms with Crippen LogP contribution in [0.5, 0.6) is 0 Å². The third-order valence-corrected chi connectivity index (χ3v) is 8.71. The second-order valence-corrected chi connectivity index (χ2v) is 10.9. The molecule has 3 saturated heterocycles. The Kier molecular flexibility index (Phi) is 5.50. The van der Waals surface area contributed by atoms with Crippen LogP contribution in [0, 0.1) is 11.3 Å². The maximum Gasteiger partial charge on any atom is 0.229 e. The summed E-state index contributed by atoms with van der Waals surface area (Å²) in [6.45, 7) is 7.76. The zero-order chi connectivity index (χ0) is 23.5. The molecule has 1 aromatic heterocycles. The summed E-state index contributed by atoms with van der Waals surface area (Å²) >= 11 is 6.67. The SMILES string of the molecule is C[C@]1(N2CCN(c3cc4cc(NC(=O)[C@H]5C[C@@]56CCOC6)ncc4cc3Cl)CC2)COC[C@H]1O. The molecule has 4 aliphatic rings. The molecule has 0 unspecified atom stereocenters. The minimum Gasteiger partial charge on any atom is -0.389 e. The Morgan fingerprint density at radius 1 is 1.18 bits per heavy atom. The van der Waals surface area contributed by atoms with Gasteiger partial charge in [-0.25, -0.2) is 4.98 Å². The van der Waals surface area contributed by atoms with Crippen molar-refractivity contribution in [1.29, 1.82) is 0 Å². The smallest absolute Gasteiger partial charge is 0.229 e. The normalized spacial score (nSPS) is 33.7. The number of benzene rings is 1. The fraction of sp³-hybridized carbons (Fsp3) is 0.600. The van der Waals surface area contributed by atoms with Gasteiger partial charge >= 0.3 is 0 Å². The number of hydrogen-bond acceptors (Lipinski definition) is 7. The summed E-state index contributed by atoms with van der Waals surface area (Å²) in [5, 5.41) is 16.0. The van der Waals surface area contributed by atoms with E-state index in [0.717, 1.165) is 62.1 Å². The minimum absolute atomic E-state index is 0.0233. The van der Waals surface area contributed by atoms with Gasteiger partial charge in [0, 0.05) is 55.7 Å². The van der Waals surface area contributed by atoms with E-state index in [-0.39, 0.29) is 22.8 Å². The molecule has 8 nitrogen and oxygen atoms in total. The number of hydrogen-bond donors (Lipinski definition) is 2. The molecule has 1 spiro atoms. The maximum absolute atomic E-state index is 12.8. The average Bonchev–Trinajstić information content (AvgIpc) is 3.14. The number of ether oxygens (including phenoxy) is 2. The Bertz CT molecular complexity index is 1120. The first-order valence-corrected chi connectivity index (χ1v) is 12.5. The molecule has 6 rings (SSSR count). The fourth-order valence-corrected chi connectivity index (χ4v) is 6.16. The number of aliphatic hydroxyl groups excluding tert-OH is 1. The number of nitrogens with zero attached hydrogens (tertiary/aromatic N) is 3. The lowest BCUT2D eigenvalue weighted by atomic mass is 9.95. The van der Waals surface area contributed by atoms with Crippen LogP contribution >= 0.6 is 11.6 Å². The lowest BCUT2D eigenvalue weighted by Gasteiger charge is -2.45. The molecule has 34 heavy (non-hydrogen) atoms. The van der Waals surface area contributed by atoms with Gasteiger partial charge in [-0.1, -0.05) is 11.6 Å². The summed E-state index contributed by atoms with van der Waals surface area (Å²) in [5.74, 6) is 0.629. The van der Waals surface area contributed by atoms with Crippen molar-refractivity contribution in [3.05, 3.63) is 29.4 Å². The Morgan fingerprint density at radius 2 is 2.00 bits per heavy atom. The molecule has 4 atom stereocenters. The number of carbonyl (C=O) groups excluding carboxylic acids is 1. The zero-order valence-electron chi connectivity index (χ0n) is 19.4. The molecule has 1 amide bonds. The third-order valence-electron chi connectivity index (χ3n) is 8.41. The number of aliphatic hydroxyl groups is 1. The molecule has 4 fully saturated rings. The highest BCUT2D eigenvalue weighted by Crippen LogP contribution is 2.58. The van der Waals surface area contributed by atoms with Crippen LogP contribution in [0.2, 0.25) is 5.02 Å². The van der Waals surface area contributed by atoms with E-state index in [1.54, 1.807) is 6.20 Å². The fourth-order valence-electron chi connectivity index (χ4n) is 5.87. The number of anilines is 2. The van der Waals surface area contributed by atoms with Crippen LogP contribution in [0.25, 0.3) is 10.8 Å². The van der Waals surface area contributed by atoms with Gasteiger partial charge in [-0.2, -0.15) is 0 Å². The molecular weight excluding hydrogens is 456 g/mol. The first kappa shape index (κ1) is 22.5. The molecule has 0 radical (unpaired) electrons. The Balaban J connectivity index is 1.16. The Hall–Kier alpha value is -1.97. The predicted octanol–water partition coefficient (Wildman–Crippen LogP) is 2.53. The molecule has 2 N–H and O–H groups in total. The van der Waals surface area contributed by atoms with Gasteiger partial charge in [0.15, 0.2) is 0 Å². The van der Waals surface area contributed by atoms with E-state index in [9.17, 15) is 9.90 Å². The molecular formula is C25H31ClN4O4. The van der Waals surface area contributed by atoms with Gasteiger partial charge < -0.3 is 24.8 Å². The molecule has 1 saturated carbocycles. The second kappa shape index (κ2) is 8.31. The van der Waals surface area contributed by atoms with Gasteiger partial charge in [-0.3, -0.25) is 9.69 Å². The summed E-state index contributed by atoms with van der Waals surface area (Å²) in [7, 11) is 0. The molecule has 182 valence electrons. The van der Waals surface area contributed by atoms with Crippen molar-refractivity contribution >= 4 is 39.8 Å². The molecule has 9 heteroatoms. The highest BCUT2D eigenvalue weighted by Gasteiger charge is 2.59. The van der Waals surface area contributed by atoms with Gasteiger partial charge in [0.05, 0.1) is 42.2 Å². The Morgan fingerprint density at radius 3 is 2.71 bits per heavy atom. The van der Waals surface area contributed by atoms with Gasteiger partial charge in [-0.05, 0) is 43.4 Å². The van der Waals surface area contributed by atoms with E-state index in [2.05, 4.69) is 33.1 Å². The van der Waals surface area contributed by atoms with Crippen LogP contribution in [0.15, 0.2) is 24.4 Å². The van der Waals surface area contributed by atoms with Crippen LogP contribution in [-0.4, -0.2) is 85.1 Å². The molecule has 1 aromatic carbocycles. The van der Waals surface area contributed by atoms with Crippen molar-refractivity contribution in [3.8, 4) is 0 Å². The van der Waals surface area contributed by atoms with E-state index in [0.29, 0.717) is 30.7 Å². The number of nitrogens with one attached hydrogen (secondary N) is 1. The van der Waals surface area contributed by atoms with Gasteiger partial charge in [0.2, 0.25) is 5.91 Å². The summed E-state index contributed by atoms with van der Waals surface area (Å²) < 4.78 is 11.0. The van der Waals surface area contributed by atoms with Crippen molar-refractivity contribution in [2.45, 2.75) is 31.4 Å². The highest BCUT2D eigenvalue weighted by atomic mass is 35.5. The number of rotatable bonds is 4. The number of halogens is 1. The van der Waals surface area contributed by atoms with Crippen molar-refractivity contribution in [1.82, 2.24) is 9.88 Å². The molecule has 4 heterocycles. The first-order chi connectivity index (χ1) is 16.4. The number of pyridine rings is 1. The Labute approximate surface area is 204 Å². The van der Waals surface area contributed by atoms with Crippen molar-refractivity contribution < 1.29 is 19.4 Å². The van der Waals surface area contributed by atoms with Crippen molar-refractivity contribution in [2.75, 3.05) is 62.8 Å². The quantitative estimate of drug-likeness (QED) is 0.686. The van der Waals surface area contributed by atoms with Crippen LogP contribution < -0.4 is 10.2 Å². The zero-order valence-corrected chi connectivity index (χ0v) is 20.2. The summed E-state index contributed by atoms with van der Waals surface area (Å²) in [4.78, 5) is 21.8. The number of amides is 1. The number of carbonyl (C=O) groups is 1. The standard InChI is InChI=1S/C25H31ClN4O4/c1-24(14-34-13-21(24)31)30-5-3-29(4-6-30)20-9-16-10-22(27-12-17(16)8-19(20)26)28-23(32)18-11-25(18)2-7-33-15-25/h8-10,12,18,21,31H,2-7,11,13-15H2,1H3,(H,27,28,32)/t18-,21-,24+,25-/m1/s1. The van der Waals surface area contributed by atoms with Crippen LogP contribution in [0.4, 0.5) is 11.5 Å². The minimum atomic E-state index is -0.462. The third kappa shape index (κ3) is 3.76. The average molecular weight is 487 g/mol. The maximum atomic E-state index is 12.8. The monoisotopic (exact) mass is 486 g/mol. The van der Waals surface area contributed by atoms with Gasteiger partial charge in [0.25, 0.3) is 0 Å². The molecule has 1 aliphatic carbocycles. The predicted molar refractivity (Wildman–Crippen MR) is 130 cm³/mol. The largest absolute Gasteiger partial charge is 0.389 e. The van der Waals surface area contributed by atoms with E-state index >= 15 is 0 Å². The van der Waals surface area contributed by atoms with Crippen LogP contribution in [-0.2, 0) is 14.3 Å². The van der Waals surface area contributed by atoms with Gasteiger partial charge in [0.1, 0.15) is 5.82 Å². The molecule has 3 aliphatic heterocycles. The number of piperazine rings is 1. The van der Waals surface area contributed by atoms with E-state index in [1.807, 2.05) is 12.1 Å². The number of aromatic nitrogens is 1. The van der Waals surface area contributed by atoms with E-state index in [4.69, 9.17) is 21.1 Å². The van der Waals surface area contributed by atoms with Crippen molar-refractivity contribution in [3.63, 3.8) is 0 Å². The molecule has 0 bridgehead atoms. The van der Waals surface area contributed by atoms with Gasteiger partial charge in [-0.15, -0.1) is 0 Å². The lowest BCUT2D eigenvalue weighted by molar-refractivity contribution is -0.118. The summed E-state index contributed by atoms with van der Waals surface area (Å²) in [5.41, 5.74) is 0.708. The topological polar surface area (TPSA) is 87.2 Å². The van der Waals surface area contributed by atoms with Crippen LogP contribution in [0.1, 0.15) is 19.8 Å². The summed E-state index contributed by atoms with van der Waals surface area (Å²) in [6, 6.07) is 5.96. The van der Waals surface area contributed by atoms with Crippen molar-refractivity contribution in [2.24, 2.45) is 11.3 Å². The van der Waals surface area contributed by atoms with E-state index in [1.165, 1.54) is 0 Å². The summed E-state index contributed by atoms with van der Waals surface area (Å²) in [6.07, 6.45) is 3.18. The number of fused-ring (bicyclic) bond motifs is 1. The highest BCUT2D eigenvalue weighted by molar-refractivity contribution is 6.34. The lowest BCUT2D eigenvalue weighted by Crippen LogP contribution is -2.60. The van der Waals surface area contributed by atoms with E-state index < -0.39 is 6.10 Å². The molecule has 2 aromatic rings.